The highest BCUT2D eigenvalue weighted by atomic mass is 35.5. The highest BCUT2D eigenvalue weighted by Crippen LogP contribution is 2.42. The Bertz CT molecular complexity index is 821. The van der Waals surface area contributed by atoms with Crippen LogP contribution in [0, 0.1) is 13.8 Å². The van der Waals surface area contributed by atoms with Gasteiger partial charge in [-0.05, 0) is 50.5 Å². The van der Waals surface area contributed by atoms with Crippen LogP contribution in [0.15, 0.2) is 34.0 Å². The van der Waals surface area contributed by atoms with Gasteiger partial charge in [-0.15, -0.1) is 0 Å². The summed E-state index contributed by atoms with van der Waals surface area (Å²) >= 11 is 6.63. The van der Waals surface area contributed by atoms with Gasteiger partial charge in [0.2, 0.25) is 0 Å². The number of alkyl halides is 3. The zero-order valence-corrected chi connectivity index (χ0v) is 15.6. The van der Waals surface area contributed by atoms with Gasteiger partial charge in [-0.3, -0.25) is 4.79 Å². The second-order valence-corrected chi connectivity index (χ2v) is 7.20. The Morgan fingerprint density at radius 3 is 2.32 bits per heavy atom. The van der Waals surface area contributed by atoms with E-state index in [0.717, 1.165) is 16.3 Å². The minimum atomic E-state index is -4.50. The van der Waals surface area contributed by atoms with Gasteiger partial charge < -0.3 is 0 Å². The largest absolute Gasteiger partial charge is 0.408 e. The molecule has 25 heavy (non-hydrogen) atoms. The molecule has 0 aliphatic heterocycles. The standard InChI is InChI=1S/C16H17ClF3N3OS/c1-9-13(10(2)21-22(3)15(9)24)25-23(4)14(16(18,19)20)11-5-7-12(17)8-6-11/h5-8,14H,1-4H3. The lowest BCUT2D eigenvalue weighted by Gasteiger charge is -2.30. The average molecular weight is 392 g/mol. The van der Waals surface area contributed by atoms with Gasteiger partial charge in [-0.25, -0.2) is 8.99 Å². The maximum absolute atomic E-state index is 13.6. The summed E-state index contributed by atoms with van der Waals surface area (Å²) in [5, 5.41) is 4.41. The van der Waals surface area contributed by atoms with Crippen molar-refractivity contribution >= 4 is 23.5 Å². The first-order valence-electron chi connectivity index (χ1n) is 7.30. The Labute approximate surface area is 152 Å². The van der Waals surface area contributed by atoms with Crippen LogP contribution in [0.1, 0.15) is 22.9 Å². The third kappa shape index (κ3) is 4.37. The van der Waals surface area contributed by atoms with E-state index in [1.165, 1.54) is 43.0 Å². The summed E-state index contributed by atoms with van der Waals surface area (Å²) in [6.45, 7) is 3.24. The predicted molar refractivity (Wildman–Crippen MR) is 92.8 cm³/mol. The van der Waals surface area contributed by atoms with Gasteiger partial charge in [0, 0.05) is 17.6 Å². The van der Waals surface area contributed by atoms with Gasteiger partial charge >= 0.3 is 6.18 Å². The second kappa shape index (κ2) is 7.39. The van der Waals surface area contributed by atoms with E-state index in [4.69, 9.17) is 11.6 Å². The maximum atomic E-state index is 13.6. The van der Waals surface area contributed by atoms with Gasteiger partial charge in [-0.2, -0.15) is 18.3 Å². The average Bonchev–Trinajstić information content (AvgIpc) is 2.50. The quantitative estimate of drug-likeness (QED) is 0.728. The number of nitrogens with zero attached hydrogens (tertiary/aromatic N) is 3. The van der Waals surface area contributed by atoms with Crippen molar-refractivity contribution < 1.29 is 13.2 Å². The third-order valence-corrected chi connectivity index (χ3v) is 5.21. The Balaban J connectivity index is 2.42. The molecule has 0 saturated carbocycles. The number of aromatic nitrogens is 2. The van der Waals surface area contributed by atoms with Crippen molar-refractivity contribution in [3.05, 3.63) is 56.5 Å². The van der Waals surface area contributed by atoms with Crippen LogP contribution < -0.4 is 5.56 Å². The van der Waals surface area contributed by atoms with Crippen LogP contribution >= 0.6 is 23.5 Å². The van der Waals surface area contributed by atoms with Gasteiger partial charge in [0.25, 0.3) is 5.56 Å². The van der Waals surface area contributed by atoms with Crippen LogP contribution in [0.5, 0.6) is 0 Å². The first-order chi connectivity index (χ1) is 11.5. The molecule has 0 bridgehead atoms. The zero-order chi connectivity index (χ0) is 18.9. The third-order valence-electron chi connectivity index (χ3n) is 3.68. The van der Waals surface area contributed by atoms with Crippen molar-refractivity contribution in [1.82, 2.24) is 14.1 Å². The first-order valence-corrected chi connectivity index (χ1v) is 8.45. The Morgan fingerprint density at radius 1 is 1.24 bits per heavy atom. The smallest absolute Gasteiger partial charge is 0.267 e. The number of halogens is 4. The summed E-state index contributed by atoms with van der Waals surface area (Å²) in [5.74, 6) is 0. The minimum absolute atomic E-state index is 0.0685. The number of hydrogen-bond donors (Lipinski definition) is 0. The SMILES string of the molecule is Cc1nn(C)c(=O)c(C)c1SN(C)C(c1ccc(Cl)cc1)C(F)(F)F. The molecule has 0 aliphatic carbocycles. The Kier molecular flexibility index (Phi) is 5.86. The van der Waals surface area contributed by atoms with Crippen molar-refractivity contribution in [3.8, 4) is 0 Å². The molecule has 0 spiro atoms. The lowest BCUT2D eigenvalue weighted by Crippen LogP contribution is -2.32. The van der Waals surface area contributed by atoms with Crippen LogP contribution in [-0.4, -0.2) is 27.3 Å². The summed E-state index contributed by atoms with van der Waals surface area (Å²) in [7, 11) is 2.85. The van der Waals surface area contributed by atoms with Crippen LogP contribution in [0.4, 0.5) is 13.2 Å². The van der Waals surface area contributed by atoms with Crippen LogP contribution in [0.2, 0.25) is 5.02 Å². The van der Waals surface area contributed by atoms with Crippen molar-refractivity contribution in [1.29, 1.82) is 0 Å². The van der Waals surface area contributed by atoms with E-state index >= 15 is 0 Å². The van der Waals surface area contributed by atoms with E-state index in [1.807, 2.05) is 0 Å². The van der Waals surface area contributed by atoms with Crippen molar-refractivity contribution in [2.45, 2.75) is 31.0 Å². The molecule has 0 radical (unpaired) electrons. The van der Waals surface area contributed by atoms with Gasteiger partial charge in [-0.1, -0.05) is 23.7 Å². The molecule has 0 saturated heterocycles. The molecule has 0 N–H and O–H groups in total. The minimum Gasteiger partial charge on any atom is -0.267 e. The van der Waals surface area contributed by atoms with E-state index in [0.29, 0.717) is 21.2 Å². The lowest BCUT2D eigenvalue weighted by molar-refractivity contribution is -0.169. The molecule has 1 unspecified atom stereocenters. The molecule has 1 heterocycles. The molecule has 2 rings (SSSR count). The van der Waals surface area contributed by atoms with Gasteiger partial charge in [0.1, 0.15) is 6.04 Å². The monoisotopic (exact) mass is 391 g/mol. The first kappa shape index (κ1) is 19.8. The van der Waals surface area contributed by atoms with Crippen LogP contribution in [-0.2, 0) is 7.05 Å². The molecule has 0 amide bonds. The highest BCUT2D eigenvalue weighted by Gasteiger charge is 2.44. The Morgan fingerprint density at radius 2 is 1.80 bits per heavy atom. The molecule has 136 valence electrons. The van der Waals surface area contributed by atoms with Gasteiger partial charge in [0.05, 0.1) is 10.6 Å². The fourth-order valence-corrected chi connectivity index (χ4v) is 3.67. The molecule has 2 aromatic rings. The summed E-state index contributed by atoms with van der Waals surface area (Å²) < 4.78 is 43.2. The predicted octanol–water partition coefficient (Wildman–Crippen LogP) is 4.29. The van der Waals surface area contributed by atoms with E-state index in [-0.39, 0.29) is 11.1 Å². The number of hydrogen-bond acceptors (Lipinski definition) is 4. The summed E-state index contributed by atoms with van der Waals surface area (Å²) in [5.41, 5.74) is 0.591. The summed E-state index contributed by atoms with van der Waals surface area (Å²) in [6, 6.07) is 3.69. The lowest BCUT2D eigenvalue weighted by atomic mass is 10.1. The van der Waals surface area contributed by atoms with E-state index in [1.54, 1.807) is 13.8 Å². The number of rotatable bonds is 4. The molecule has 0 fully saturated rings. The number of benzene rings is 1. The van der Waals surface area contributed by atoms with Crippen molar-refractivity contribution in [3.63, 3.8) is 0 Å². The number of aryl methyl sites for hydroxylation is 2. The summed E-state index contributed by atoms with van der Waals surface area (Å²) in [4.78, 5) is 12.5. The fourth-order valence-electron chi connectivity index (χ4n) is 2.51. The second-order valence-electron chi connectivity index (χ2n) is 5.60. The van der Waals surface area contributed by atoms with Gasteiger partial charge in [0.15, 0.2) is 0 Å². The fraction of sp³-hybridized carbons (Fsp3) is 0.375. The van der Waals surface area contributed by atoms with E-state index in [9.17, 15) is 18.0 Å². The molecule has 9 heteroatoms. The van der Waals surface area contributed by atoms with E-state index in [2.05, 4.69) is 5.10 Å². The molecule has 1 aromatic carbocycles. The normalized spacial score (nSPS) is 13.3. The molecule has 1 atom stereocenters. The molecular formula is C16H17ClF3N3OS. The van der Waals surface area contributed by atoms with Crippen molar-refractivity contribution in [2.75, 3.05) is 7.05 Å². The Hall–Kier alpha value is -1.51. The molecule has 4 nitrogen and oxygen atoms in total. The molecule has 0 aliphatic rings. The molecule has 1 aromatic heterocycles. The van der Waals surface area contributed by atoms with E-state index < -0.39 is 12.2 Å². The van der Waals surface area contributed by atoms with Crippen LogP contribution in [0.25, 0.3) is 0 Å². The maximum Gasteiger partial charge on any atom is 0.408 e. The zero-order valence-electron chi connectivity index (χ0n) is 14.1. The highest BCUT2D eigenvalue weighted by molar-refractivity contribution is 7.97. The van der Waals surface area contributed by atoms with Crippen LogP contribution in [0.3, 0.4) is 0 Å². The van der Waals surface area contributed by atoms with Crippen molar-refractivity contribution in [2.24, 2.45) is 7.05 Å². The topological polar surface area (TPSA) is 38.1 Å². The summed E-state index contributed by atoms with van der Waals surface area (Å²) in [6.07, 6.45) is -4.50. The molecular weight excluding hydrogens is 375 g/mol.